The lowest BCUT2D eigenvalue weighted by molar-refractivity contribution is 0.0651. The topological polar surface area (TPSA) is 102 Å². The molecule has 3 aromatic rings. The zero-order valence-corrected chi connectivity index (χ0v) is 24.5. The molecule has 2 amide bonds. The molecule has 2 aliphatic rings. The summed E-state index contributed by atoms with van der Waals surface area (Å²) in [5.74, 6) is 1.18. The third kappa shape index (κ3) is 7.42. The molecule has 0 unspecified atom stereocenters. The van der Waals surface area contributed by atoms with Gasteiger partial charge in [-0.05, 0) is 49.7 Å². The van der Waals surface area contributed by atoms with Gasteiger partial charge in [-0.2, -0.15) is 0 Å². The van der Waals surface area contributed by atoms with E-state index in [4.69, 9.17) is 18.9 Å². The molecule has 1 aromatic heterocycles. The maximum atomic E-state index is 13.4. The standard InChI is InChI=1S/C30H36N4O6S/c1-20(19-38-3)39-24-15-22(28(35)32-30-31-26-9-12-33(13-14-37-2)18-27(26)41-30)16-25(17-24)40-23-7-5-21(6-8-23)29(36)34-10-4-11-34/h5-8,15-17,20H,4,9-14,18-19H2,1-3H3,(H,31,32,35)/t20-/m0/s1. The molecular weight excluding hydrogens is 544 g/mol. The Morgan fingerprint density at radius 2 is 1.78 bits per heavy atom. The third-order valence-corrected chi connectivity index (χ3v) is 8.00. The number of amides is 2. The van der Waals surface area contributed by atoms with Crippen molar-refractivity contribution in [1.29, 1.82) is 0 Å². The van der Waals surface area contributed by atoms with Gasteiger partial charge < -0.3 is 23.8 Å². The number of benzene rings is 2. The van der Waals surface area contributed by atoms with E-state index in [1.807, 2.05) is 11.8 Å². The van der Waals surface area contributed by atoms with Gasteiger partial charge in [0.15, 0.2) is 5.13 Å². The predicted molar refractivity (Wildman–Crippen MR) is 156 cm³/mol. The molecule has 0 saturated carbocycles. The molecule has 218 valence electrons. The van der Waals surface area contributed by atoms with Crippen LogP contribution in [0.1, 0.15) is 44.6 Å². The molecule has 10 nitrogen and oxygen atoms in total. The van der Waals surface area contributed by atoms with Crippen LogP contribution in [0.15, 0.2) is 42.5 Å². The van der Waals surface area contributed by atoms with Crippen LogP contribution in [0.5, 0.6) is 17.2 Å². The van der Waals surface area contributed by atoms with Gasteiger partial charge in [0.2, 0.25) is 0 Å². The molecule has 5 rings (SSSR count). The minimum absolute atomic E-state index is 0.0239. The Balaban J connectivity index is 1.31. The van der Waals surface area contributed by atoms with Crippen molar-refractivity contribution in [2.75, 3.05) is 58.9 Å². The van der Waals surface area contributed by atoms with Gasteiger partial charge in [0.05, 0.1) is 18.9 Å². The molecule has 0 bridgehead atoms. The van der Waals surface area contributed by atoms with Crippen LogP contribution in [-0.2, 0) is 22.4 Å². The van der Waals surface area contributed by atoms with E-state index in [-0.39, 0.29) is 17.9 Å². The molecule has 2 aromatic carbocycles. The molecule has 3 heterocycles. The van der Waals surface area contributed by atoms with Gasteiger partial charge in [0, 0.05) is 75.4 Å². The predicted octanol–water partition coefficient (Wildman–Crippen LogP) is 4.45. The summed E-state index contributed by atoms with van der Waals surface area (Å²) < 4.78 is 22.5. The van der Waals surface area contributed by atoms with E-state index in [9.17, 15) is 9.59 Å². The van der Waals surface area contributed by atoms with Gasteiger partial charge >= 0.3 is 0 Å². The van der Waals surface area contributed by atoms with Gasteiger partial charge in [0.25, 0.3) is 11.8 Å². The number of hydrogen-bond acceptors (Lipinski definition) is 9. The van der Waals surface area contributed by atoms with Crippen LogP contribution in [0.3, 0.4) is 0 Å². The van der Waals surface area contributed by atoms with Crippen LogP contribution in [0.2, 0.25) is 0 Å². The van der Waals surface area contributed by atoms with E-state index in [0.29, 0.717) is 46.7 Å². The Labute approximate surface area is 244 Å². The van der Waals surface area contributed by atoms with Gasteiger partial charge in [-0.15, -0.1) is 11.3 Å². The normalized spacial score (nSPS) is 15.5. The van der Waals surface area contributed by atoms with Crippen LogP contribution < -0.4 is 14.8 Å². The van der Waals surface area contributed by atoms with Gasteiger partial charge in [-0.1, -0.05) is 0 Å². The fraction of sp³-hybridized carbons (Fsp3) is 0.433. The summed E-state index contributed by atoms with van der Waals surface area (Å²) in [5, 5.41) is 3.53. The Bertz CT molecular complexity index is 1360. The molecule has 0 radical (unpaired) electrons. The highest BCUT2D eigenvalue weighted by Crippen LogP contribution is 2.31. The Morgan fingerprint density at radius 1 is 1.00 bits per heavy atom. The third-order valence-electron chi connectivity index (χ3n) is 7.00. The largest absolute Gasteiger partial charge is 0.488 e. The van der Waals surface area contributed by atoms with Crippen molar-refractivity contribution >= 4 is 28.3 Å². The van der Waals surface area contributed by atoms with Crippen LogP contribution in [0.25, 0.3) is 0 Å². The number of nitrogens with one attached hydrogen (secondary N) is 1. The highest BCUT2D eigenvalue weighted by atomic mass is 32.1. The lowest BCUT2D eigenvalue weighted by Gasteiger charge is -2.30. The highest BCUT2D eigenvalue weighted by molar-refractivity contribution is 7.15. The number of hydrogen-bond donors (Lipinski definition) is 1. The number of rotatable bonds is 12. The molecule has 1 N–H and O–H groups in total. The molecule has 0 aliphatic carbocycles. The summed E-state index contributed by atoms with van der Waals surface area (Å²) in [6.07, 6.45) is 1.65. The fourth-order valence-corrected chi connectivity index (χ4v) is 5.76. The van der Waals surface area contributed by atoms with E-state index in [1.54, 1.807) is 56.7 Å². The van der Waals surface area contributed by atoms with E-state index in [2.05, 4.69) is 15.2 Å². The molecule has 11 heteroatoms. The van der Waals surface area contributed by atoms with Gasteiger partial charge in [-0.3, -0.25) is 19.8 Å². The van der Waals surface area contributed by atoms with E-state index in [0.717, 1.165) is 56.1 Å². The van der Waals surface area contributed by atoms with Crippen molar-refractivity contribution in [1.82, 2.24) is 14.8 Å². The lowest BCUT2D eigenvalue weighted by Crippen LogP contribution is -2.41. The number of anilines is 1. The van der Waals surface area contributed by atoms with E-state index >= 15 is 0 Å². The smallest absolute Gasteiger partial charge is 0.257 e. The quantitative estimate of drug-likeness (QED) is 0.335. The first kappa shape index (κ1) is 29.0. The molecule has 1 saturated heterocycles. The Kier molecular flexibility index (Phi) is 9.50. The second kappa shape index (κ2) is 13.4. The molecule has 41 heavy (non-hydrogen) atoms. The highest BCUT2D eigenvalue weighted by Gasteiger charge is 2.23. The average molecular weight is 581 g/mol. The zero-order valence-electron chi connectivity index (χ0n) is 23.7. The summed E-state index contributed by atoms with van der Waals surface area (Å²) in [6, 6.07) is 12.1. The number of fused-ring (bicyclic) bond motifs is 1. The van der Waals surface area contributed by atoms with Crippen molar-refractivity contribution in [3.05, 3.63) is 64.2 Å². The van der Waals surface area contributed by atoms with Crippen LogP contribution in [0, 0.1) is 0 Å². The summed E-state index contributed by atoms with van der Waals surface area (Å²) in [7, 11) is 3.32. The average Bonchev–Trinajstić information content (AvgIpc) is 3.32. The van der Waals surface area contributed by atoms with Gasteiger partial charge in [-0.25, -0.2) is 4.98 Å². The van der Waals surface area contributed by atoms with Crippen molar-refractivity contribution in [3.63, 3.8) is 0 Å². The van der Waals surface area contributed by atoms with Crippen molar-refractivity contribution in [2.24, 2.45) is 0 Å². The number of carbonyl (C=O) groups is 2. The second-order valence-corrected chi connectivity index (χ2v) is 11.3. The maximum Gasteiger partial charge on any atom is 0.257 e. The monoisotopic (exact) mass is 580 g/mol. The minimum Gasteiger partial charge on any atom is -0.488 e. The molecule has 1 atom stereocenters. The molecule has 0 spiro atoms. The lowest BCUT2D eigenvalue weighted by atomic mass is 10.1. The maximum absolute atomic E-state index is 13.4. The summed E-state index contributed by atoms with van der Waals surface area (Å²) in [6.45, 7) is 7.15. The van der Waals surface area contributed by atoms with Crippen LogP contribution in [0.4, 0.5) is 5.13 Å². The number of carbonyl (C=O) groups excluding carboxylic acids is 2. The molecule has 2 aliphatic heterocycles. The SMILES string of the molecule is COCCN1CCc2nc(NC(=O)c3cc(Oc4ccc(C(=O)N5CCC5)cc4)cc(O[C@@H](C)COC)c3)sc2C1. The number of methoxy groups -OCH3 is 2. The summed E-state index contributed by atoms with van der Waals surface area (Å²) in [4.78, 5) is 35.8. The minimum atomic E-state index is -0.308. The Hall–Kier alpha value is -3.51. The first-order chi connectivity index (χ1) is 19.9. The van der Waals surface area contributed by atoms with Crippen molar-refractivity contribution in [2.45, 2.75) is 32.4 Å². The van der Waals surface area contributed by atoms with Crippen molar-refractivity contribution < 1.29 is 28.5 Å². The number of aromatic nitrogens is 1. The van der Waals surface area contributed by atoms with Crippen LogP contribution >= 0.6 is 11.3 Å². The van der Waals surface area contributed by atoms with Crippen LogP contribution in [-0.4, -0.2) is 86.3 Å². The molecule has 1 fully saturated rings. The van der Waals surface area contributed by atoms with E-state index in [1.165, 1.54) is 11.3 Å². The number of thiazole rings is 1. The number of ether oxygens (including phenoxy) is 4. The Morgan fingerprint density at radius 3 is 2.49 bits per heavy atom. The first-order valence-electron chi connectivity index (χ1n) is 13.8. The first-order valence-corrected chi connectivity index (χ1v) is 14.6. The zero-order chi connectivity index (χ0) is 28.8. The fourth-order valence-electron chi connectivity index (χ4n) is 4.72. The summed E-state index contributed by atoms with van der Waals surface area (Å²) >= 11 is 1.50. The number of likely N-dealkylation sites (tertiary alicyclic amines) is 1. The van der Waals surface area contributed by atoms with Crippen molar-refractivity contribution in [3.8, 4) is 17.2 Å². The molecular formula is C30H36N4O6S. The van der Waals surface area contributed by atoms with E-state index < -0.39 is 0 Å². The van der Waals surface area contributed by atoms with Gasteiger partial charge in [0.1, 0.15) is 23.4 Å². The second-order valence-electron chi connectivity index (χ2n) is 10.2. The summed E-state index contributed by atoms with van der Waals surface area (Å²) in [5.41, 5.74) is 2.03. The number of nitrogens with zero attached hydrogens (tertiary/aromatic N) is 3.